The van der Waals surface area contributed by atoms with E-state index in [-0.39, 0.29) is 5.82 Å². The monoisotopic (exact) mass is 344 g/mol. The summed E-state index contributed by atoms with van der Waals surface area (Å²) in [4.78, 5) is 2.18. The molecule has 0 aromatic heterocycles. The molecule has 2 aromatic carbocycles. The first-order chi connectivity index (χ1) is 11.6. The fourth-order valence-corrected chi connectivity index (χ4v) is 2.88. The van der Waals surface area contributed by atoms with Gasteiger partial charge in [-0.05, 0) is 67.4 Å². The standard InChI is InChI=1S/C19H21FN2OS/c1-13-3-6-15(11-18(13)20)21-19(24)22(16-7-8-16)12-14-4-9-17(23-2)10-5-14/h3-6,9-11,16H,7-8,12H2,1-2H3,(H,21,24). The summed E-state index contributed by atoms with van der Waals surface area (Å²) in [6.07, 6.45) is 2.28. The summed E-state index contributed by atoms with van der Waals surface area (Å²) in [5.41, 5.74) is 2.48. The molecule has 0 radical (unpaired) electrons. The van der Waals surface area contributed by atoms with E-state index in [1.165, 1.54) is 11.6 Å². The van der Waals surface area contributed by atoms with Gasteiger partial charge in [0, 0.05) is 18.3 Å². The maximum absolute atomic E-state index is 13.7. The molecular formula is C19H21FN2OS. The van der Waals surface area contributed by atoms with Gasteiger partial charge in [-0.1, -0.05) is 18.2 Å². The number of hydrogen-bond acceptors (Lipinski definition) is 2. The Morgan fingerprint density at radius 2 is 1.96 bits per heavy atom. The summed E-state index contributed by atoms with van der Waals surface area (Å²) in [6.45, 7) is 2.48. The van der Waals surface area contributed by atoms with Crippen LogP contribution in [-0.2, 0) is 6.54 Å². The number of aryl methyl sites for hydroxylation is 1. The third-order valence-corrected chi connectivity index (χ3v) is 4.52. The van der Waals surface area contributed by atoms with Gasteiger partial charge in [0.2, 0.25) is 0 Å². The molecule has 1 N–H and O–H groups in total. The molecule has 3 nitrogen and oxygen atoms in total. The van der Waals surface area contributed by atoms with Gasteiger partial charge in [-0.25, -0.2) is 4.39 Å². The summed E-state index contributed by atoms with van der Waals surface area (Å²) in [5.74, 6) is 0.614. The smallest absolute Gasteiger partial charge is 0.173 e. The number of halogens is 1. The molecule has 0 saturated heterocycles. The highest BCUT2D eigenvalue weighted by atomic mass is 32.1. The van der Waals surface area contributed by atoms with E-state index in [1.807, 2.05) is 30.3 Å². The topological polar surface area (TPSA) is 24.5 Å². The van der Waals surface area contributed by atoms with Crippen molar-refractivity contribution in [1.82, 2.24) is 4.90 Å². The lowest BCUT2D eigenvalue weighted by Crippen LogP contribution is -2.36. The normalized spacial score (nSPS) is 13.5. The number of anilines is 1. The molecule has 3 rings (SSSR count). The van der Waals surface area contributed by atoms with Crippen molar-refractivity contribution in [2.24, 2.45) is 0 Å². The molecule has 1 saturated carbocycles. The molecule has 24 heavy (non-hydrogen) atoms. The van der Waals surface area contributed by atoms with E-state index < -0.39 is 0 Å². The molecule has 5 heteroatoms. The van der Waals surface area contributed by atoms with E-state index in [0.717, 1.165) is 25.1 Å². The predicted molar refractivity (Wildman–Crippen MR) is 98.9 cm³/mol. The minimum atomic E-state index is -0.226. The van der Waals surface area contributed by atoms with Gasteiger partial charge in [0.15, 0.2) is 5.11 Å². The second kappa shape index (κ2) is 7.18. The van der Waals surface area contributed by atoms with Crippen molar-refractivity contribution in [2.45, 2.75) is 32.4 Å². The van der Waals surface area contributed by atoms with Crippen LogP contribution in [0.25, 0.3) is 0 Å². The first kappa shape index (κ1) is 16.7. The maximum atomic E-state index is 13.7. The van der Waals surface area contributed by atoms with Crippen LogP contribution in [0.3, 0.4) is 0 Å². The molecule has 126 valence electrons. The first-order valence-electron chi connectivity index (χ1n) is 8.03. The Morgan fingerprint density at radius 1 is 1.25 bits per heavy atom. The van der Waals surface area contributed by atoms with E-state index in [4.69, 9.17) is 17.0 Å². The highest BCUT2D eigenvalue weighted by Gasteiger charge is 2.30. The third-order valence-electron chi connectivity index (χ3n) is 4.18. The molecule has 1 aliphatic rings. The summed E-state index contributed by atoms with van der Waals surface area (Å²) in [6, 6.07) is 13.5. The van der Waals surface area contributed by atoms with Crippen molar-refractivity contribution in [2.75, 3.05) is 12.4 Å². The average molecular weight is 344 g/mol. The summed E-state index contributed by atoms with van der Waals surface area (Å²) < 4.78 is 18.9. The maximum Gasteiger partial charge on any atom is 0.173 e. The van der Waals surface area contributed by atoms with Gasteiger partial charge >= 0.3 is 0 Å². The number of nitrogens with zero attached hydrogens (tertiary/aromatic N) is 1. The molecule has 0 spiro atoms. The zero-order chi connectivity index (χ0) is 17.1. The van der Waals surface area contributed by atoms with E-state index in [0.29, 0.717) is 22.4 Å². The van der Waals surface area contributed by atoms with Crippen LogP contribution in [0.2, 0.25) is 0 Å². The van der Waals surface area contributed by atoms with Crippen LogP contribution in [0.1, 0.15) is 24.0 Å². The van der Waals surface area contributed by atoms with E-state index in [9.17, 15) is 4.39 Å². The highest BCUT2D eigenvalue weighted by Crippen LogP contribution is 2.29. The summed E-state index contributed by atoms with van der Waals surface area (Å²) in [5, 5.41) is 3.80. The molecular weight excluding hydrogens is 323 g/mol. The van der Waals surface area contributed by atoms with Crippen molar-refractivity contribution in [1.29, 1.82) is 0 Å². The Labute approximate surface area is 147 Å². The molecule has 0 amide bonds. The van der Waals surface area contributed by atoms with Gasteiger partial charge in [-0.2, -0.15) is 0 Å². The first-order valence-corrected chi connectivity index (χ1v) is 8.44. The minimum Gasteiger partial charge on any atom is -0.497 e. The second-order valence-electron chi connectivity index (χ2n) is 6.10. The van der Waals surface area contributed by atoms with Crippen LogP contribution in [-0.4, -0.2) is 23.2 Å². The lowest BCUT2D eigenvalue weighted by atomic mass is 10.2. The van der Waals surface area contributed by atoms with Crippen molar-refractivity contribution in [3.8, 4) is 5.75 Å². The van der Waals surface area contributed by atoms with Crippen LogP contribution in [0, 0.1) is 12.7 Å². The van der Waals surface area contributed by atoms with E-state index in [2.05, 4.69) is 10.2 Å². The van der Waals surface area contributed by atoms with Crippen LogP contribution in [0.5, 0.6) is 5.75 Å². The molecule has 0 atom stereocenters. The number of thiocarbonyl (C=S) groups is 1. The zero-order valence-electron chi connectivity index (χ0n) is 13.9. The molecule has 0 heterocycles. The van der Waals surface area contributed by atoms with Crippen molar-refractivity contribution in [3.63, 3.8) is 0 Å². The lowest BCUT2D eigenvalue weighted by Gasteiger charge is -2.26. The SMILES string of the molecule is COc1ccc(CN(C(=S)Nc2ccc(C)c(F)c2)C2CC2)cc1. The fourth-order valence-electron chi connectivity index (χ4n) is 2.55. The molecule has 2 aromatic rings. The molecule has 1 aliphatic carbocycles. The second-order valence-corrected chi connectivity index (χ2v) is 6.49. The Morgan fingerprint density at radius 3 is 2.54 bits per heavy atom. The van der Waals surface area contributed by atoms with Gasteiger partial charge in [0.05, 0.1) is 7.11 Å². The molecule has 0 unspecified atom stereocenters. The Hall–Kier alpha value is -2.14. The fraction of sp³-hybridized carbons (Fsp3) is 0.316. The summed E-state index contributed by atoms with van der Waals surface area (Å²) >= 11 is 5.57. The lowest BCUT2D eigenvalue weighted by molar-refractivity contribution is 0.405. The quantitative estimate of drug-likeness (QED) is 0.807. The van der Waals surface area contributed by atoms with Crippen molar-refractivity contribution < 1.29 is 9.13 Å². The van der Waals surface area contributed by atoms with Crippen molar-refractivity contribution >= 4 is 23.0 Å². The van der Waals surface area contributed by atoms with Gasteiger partial charge in [0.1, 0.15) is 11.6 Å². The number of ether oxygens (including phenoxy) is 1. The van der Waals surface area contributed by atoms with Gasteiger partial charge in [-0.3, -0.25) is 0 Å². The minimum absolute atomic E-state index is 0.226. The summed E-state index contributed by atoms with van der Waals surface area (Å²) in [7, 11) is 1.66. The Bertz CT molecular complexity index is 729. The Kier molecular flexibility index (Phi) is 5.00. The highest BCUT2D eigenvalue weighted by molar-refractivity contribution is 7.80. The van der Waals surface area contributed by atoms with Crippen LogP contribution in [0.15, 0.2) is 42.5 Å². The average Bonchev–Trinajstić information content (AvgIpc) is 3.41. The van der Waals surface area contributed by atoms with Gasteiger partial charge < -0.3 is 15.0 Å². The zero-order valence-corrected chi connectivity index (χ0v) is 14.7. The van der Waals surface area contributed by atoms with Crippen molar-refractivity contribution in [3.05, 3.63) is 59.4 Å². The predicted octanol–water partition coefficient (Wildman–Crippen LogP) is 4.50. The number of methoxy groups -OCH3 is 1. The Balaban J connectivity index is 1.70. The molecule has 0 bridgehead atoms. The van der Waals surface area contributed by atoms with E-state index >= 15 is 0 Å². The van der Waals surface area contributed by atoms with Crippen LogP contribution >= 0.6 is 12.2 Å². The van der Waals surface area contributed by atoms with Gasteiger partial charge in [0.25, 0.3) is 0 Å². The van der Waals surface area contributed by atoms with E-state index in [1.54, 1.807) is 20.1 Å². The largest absolute Gasteiger partial charge is 0.497 e. The molecule has 0 aliphatic heterocycles. The number of benzene rings is 2. The molecule has 1 fully saturated rings. The number of rotatable bonds is 5. The van der Waals surface area contributed by atoms with Gasteiger partial charge in [-0.15, -0.1) is 0 Å². The third kappa shape index (κ3) is 4.03. The number of hydrogen-bond donors (Lipinski definition) is 1. The van der Waals surface area contributed by atoms with Crippen LogP contribution in [0.4, 0.5) is 10.1 Å². The van der Waals surface area contributed by atoms with Crippen LogP contribution < -0.4 is 10.1 Å². The number of nitrogens with one attached hydrogen (secondary N) is 1.